The molecule has 0 bridgehead atoms. The number of carboxylic acid groups (broad SMARTS) is 1. The van der Waals surface area contributed by atoms with Crippen molar-refractivity contribution in [3.05, 3.63) is 46.2 Å². The van der Waals surface area contributed by atoms with Gasteiger partial charge in [0.2, 0.25) is 5.95 Å². The average molecular weight is 289 g/mol. The van der Waals surface area contributed by atoms with E-state index in [1.807, 2.05) is 6.07 Å². The number of nitrogens with zero attached hydrogens (tertiary/aromatic N) is 3. The molecule has 0 radical (unpaired) electrons. The lowest BCUT2D eigenvalue weighted by Crippen LogP contribution is -2.02. The van der Waals surface area contributed by atoms with Gasteiger partial charge in [-0.15, -0.1) is 0 Å². The van der Waals surface area contributed by atoms with E-state index in [1.54, 1.807) is 13.0 Å². The van der Waals surface area contributed by atoms with Crippen molar-refractivity contribution >= 4 is 29.2 Å². The number of hydrogen-bond donors (Lipinski definition) is 2. The van der Waals surface area contributed by atoms with Crippen LogP contribution in [0.4, 0.5) is 11.6 Å². The Balaban J connectivity index is 2.33. The minimum Gasteiger partial charge on any atom is -0.478 e. The molecule has 0 saturated heterocycles. The molecule has 100 valence electrons. The van der Waals surface area contributed by atoms with Crippen LogP contribution in [0.5, 0.6) is 0 Å². The van der Waals surface area contributed by atoms with Gasteiger partial charge in [-0.3, -0.25) is 0 Å². The highest BCUT2D eigenvalue weighted by molar-refractivity contribution is 6.33. The Morgan fingerprint density at radius 3 is 2.75 bits per heavy atom. The Morgan fingerprint density at radius 2 is 2.15 bits per heavy atom. The van der Waals surface area contributed by atoms with Gasteiger partial charge in [0, 0.05) is 5.69 Å². The van der Waals surface area contributed by atoms with Crippen molar-refractivity contribution in [2.24, 2.45) is 0 Å². The number of anilines is 2. The number of halogens is 1. The zero-order valence-corrected chi connectivity index (χ0v) is 11.1. The highest BCUT2D eigenvalue weighted by atomic mass is 35.5. The first kappa shape index (κ1) is 13.8. The summed E-state index contributed by atoms with van der Waals surface area (Å²) in [6.07, 6.45) is 0. The standard InChI is InChI=1S/C13H9ClN4O2/c1-7-4-9(6-15)17-13(16-7)18-11-3-2-8(12(19)20)5-10(11)14/h2-5H,1H3,(H,19,20)(H,16,17,18). The number of nitrogens with one attached hydrogen (secondary N) is 1. The molecule has 0 atom stereocenters. The molecule has 7 heteroatoms. The molecule has 2 aromatic rings. The maximum Gasteiger partial charge on any atom is 0.335 e. The maximum atomic E-state index is 10.8. The van der Waals surface area contributed by atoms with E-state index in [9.17, 15) is 4.79 Å². The number of aromatic nitrogens is 2. The molecule has 0 fully saturated rings. The smallest absolute Gasteiger partial charge is 0.335 e. The molecule has 0 saturated carbocycles. The van der Waals surface area contributed by atoms with Gasteiger partial charge in [-0.25, -0.2) is 14.8 Å². The lowest BCUT2D eigenvalue weighted by atomic mass is 10.2. The number of nitriles is 1. The lowest BCUT2D eigenvalue weighted by Gasteiger charge is -2.08. The molecule has 2 N–H and O–H groups in total. The molecule has 20 heavy (non-hydrogen) atoms. The highest BCUT2D eigenvalue weighted by Crippen LogP contribution is 2.25. The van der Waals surface area contributed by atoms with Gasteiger partial charge >= 0.3 is 5.97 Å². The van der Waals surface area contributed by atoms with Crippen molar-refractivity contribution in [2.75, 3.05) is 5.32 Å². The number of benzene rings is 1. The van der Waals surface area contributed by atoms with Crippen LogP contribution in [0.2, 0.25) is 5.02 Å². The number of carbonyl (C=O) groups is 1. The minimum absolute atomic E-state index is 0.0865. The Kier molecular flexibility index (Phi) is 3.82. The van der Waals surface area contributed by atoms with Crippen molar-refractivity contribution in [2.45, 2.75) is 6.92 Å². The third kappa shape index (κ3) is 3.02. The van der Waals surface area contributed by atoms with Crippen molar-refractivity contribution in [1.29, 1.82) is 5.26 Å². The summed E-state index contributed by atoms with van der Waals surface area (Å²) in [5.41, 5.74) is 1.42. The van der Waals surface area contributed by atoms with Crippen LogP contribution >= 0.6 is 11.6 Å². The van der Waals surface area contributed by atoms with Crippen LogP contribution in [0, 0.1) is 18.3 Å². The van der Waals surface area contributed by atoms with Crippen LogP contribution in [0.25, 0.3) is 0 Å². The predicted molar refractivity (Wildman–Crippen MR) is 73.2 cm³/mol. The zero-order chi connectivity index (χ0) is 14.7. The predicted octanol–water partition coefficient (Wildman–Crippen LogP) is 2.75. The molecule has 0 aliphatic carbocycles. The second-order valence-electron chi connectivity index (χ2n) is 3.95. The van der Waals surface area contributed by atoms with E-state index in [4.69, 9.17) is 22.0 Å². The monoisotopic (exact) mass is 288 g/mol. The van der Waals surface area contributed by atoms with Gasteiger partial charge in [-0.2, -0.15) is 5.26 Å². The summed E-state index contributed by atoms with van der Waals surface area (Å²) in [4.78, 5) is 18.9. The van der Waals surface area contributed by atoms with E-state index in [-0.39, 0.29) is 22.2 Å². The second kappa shape index (κ2) is 5.55. The molecule has 0 unspecified atom stereocenters. The van der Waals surface area contributed by atoms with Crippen LogP contribution in [-0.2, 0) is 0 Å². The quantitative estimate of drug-likeness (QED) is 0.901. The first-order chi connectivity index (χ1) is 9.49. The van der Waals surface area contributed by atoms with E-state index in [1.165, 1.54) is 18.2 Å². The fourth-order valence-corrected chi connectivity index (χ4v) is 1.78. The summed E-state index contributed by atoms with van der Waals surface area (Å²) in [7, 11) is 0. The fraction of sp³-hybridized carbons (Fsp3) is 0.0769. The largest absolute Gasteiger partial charge is 0.478 e. The normalized spacial score (nSPS) is 9.85. The molecule has 2 rings (SSSR count). The molecule has 0 aliphatic heterocycles. The van der Waals surface area contributed by atoms with Crippen LogP contribution in [0.3, 0.4) is 0 Å². The average Bonchev–Trinajstić information content (AvgIpc) is 2.40. The van der Waals surface area contributed by atoms with Gasteiger partial charge < -0.3 is 10.4 Å². The molecular weight excluding hydrogens is 280 g/mol. The number of rotatable bonds is 3. The maximum absolute atomic E-state index is 10.8. The highest BCUT2D eigenvalue weighted by Gasteiger charge is 2.09. The van der Waals surface area contributed by atoms with Crippen LogP contribution in [0.1, 0.15) is 21.7 Å². The summed E-state index contributed by atoms with van der Waals surface area (Å²) in [6, 6.07) is 7.74. The molecule has 1 aromatic heterocycles. The first-order valence-corrected chi connectivity index (χ1v) is 5.93. The summed E-state index contributed by atoms with van der Waals surface area (Å²) in [5, 5.41) is 20.8. The van der Waals surface area contributed by atoms with Crippen molar-refractivity contribution in [3.63, 3.8) is 0 Å². The molecule has 6 nitrogen and oxygen atoms in total. The minimum atomic E-state index is -1.06. The van der Waals surface area contributed by atoms with Gasteiger partial charge in [0.05, 0.1) is 16.3 Å². The zero-order valence-electron chi connectivity index (χ0n) is 10.4. The first-order valence-electron chi connectivity index (χ1n) is 5.55. The molecule has 1 heterocycles. The summed E-state index contributed by atoms with van der Waals surface area (Å²) in [6.45, 7) is 1.74. The Hall–Kier alpha value is -2.65. The summed E-state index contributed by atoms with van der Waals surface area (Å²) >= 11 is 5.99. The SMILES string of the molecule is Cc1cc(C#N)nc(Nc2ccc(C(=O)O)cc2Cl)n1. The third-order valence-electron chi connectivity index (χ3n) is 2.43. The fourth-order valence-electron chi connectivity index (χ4n) is 1.55. The van der Waals surface area contributed by atoms with Crippen LogP contribution in [0.15, 0.2) is 24.3 Å². The second-order valence-corrected chi connectivity index (χ2v) is 4.36. The molecule has 0 spiro atoms. The molecule has 1 aromatic carbocycles. The topological polar surface area (TPSA) is 98.9 Å². The Bertz CT molecular complexity index is 725. The lowest BCUT2D eigenvalue weighted by molar-refractivity contribution is 0.0697. The Morgan fingerprint density at radius 1 is 1.40 bits per heavy atom. The van der Waals surface area contributed by atoms with E-state index < -0.39 is 5.97 Å². The van der Waals surface area contributed by atoms with Crippen molar-refractivity contribution in [3.8, 4) is 6.07 Å². The van der Waals surface area contributed by atoms with Crippen LogP contribution < -0.4 is 5.32 Å². The van der Waals surface area contributed by atoms with E-state index in [2.05, 4.69) is 15.3 Å². The number of hydrogen-bond acceptors (Lipinski definition) is 5. The van der Waals surface area contributed by atoms with Crippen LogP contribution in [-0.4, -0.2) is 21.0 Å². The van der Waals surface area contributed by atoms with Gasteiger partial charge in [0.1, 0.15) is 11.8 Å². The van der Waals surface area contributed by atoms with E-state index in [0.717, 1.165) is 0 Å². The number of aromatic carboxylic acids is 1. The van der Waals surface area contributed by atoms with E-state index >= 15 is 0 Å². The van der Waals surface area contributed by atoms with Gasteiger partial charge in [-0.05, 0) is 31.2 Å². The molecular formula is C13H9ClN4O2. The molecule has 0 amide bonds. The Labute approximate surface area is 119 Å². The van der Waals surface area contributed by atoms with Crippen molar-refractivity contribution < 1.29 is 9.90 Å². The van der Waals surface area contributed by atoms with Crippen molar-refractivity contribution in [1.82, 2.24) is 9.97 Å². The van der Waals surface area contributed by atoms with Gasteiger partial charge in [-0.1, -0.05) is 11.6 Å². The third-order valence-corrected chi connectivity index (χ3v) is 2.74. The van der Waals surface area contributed by atoms with E-state index in [0.29, 0.717) is 11.4 Å². The molecule has 0 aliphatic rings. The van der Waals surface area contributed by atoms with Gasteiger partial charge in [0.15, 0.2) is 0 Å². The number of carboxylic acids is 1. The summed E-state index contributed by atoms with van der Waals surface area (Å²) < 4.78 is 0. The van der Waals surface area contributed by atoms with Gasteiger partial charge in [0.25, 0.3) is 0 Å². The summed E-state index contributed by atoms with van der Waals surface area (Å²) in [5.74, 6) is -0.830. The number of aryl methyl sites for hydroxylation is 1.